The Morgan fingerprint density at radius 1 is 1.21 bits per heavy atom. The molecule has 4 atom stereocenters. The molecule has 4 rings (SSSR count). The average molecular weight is 441 g/mol. The summed E-state index contributed by atoms with van der Waals surface area (Å²) in [4.78, 5) is 15.5. The highest BCUT2D eigenvalue weighted by molar-refractivity contribution is 6.34. The van der Waals surface area contributed by atoms with Gasteiger partial charge >= 0.3 is 0 Å². The van der Waals surface area contributed by atoms with Crippen LogP contribution in [0, 0.1) is 5.92 Å². The van der Waals surface area contributed by atoms with E-state index in [0.717, 1.165) is 51.8 Å². The number of likely N-dealkylation sites (N-methyl/N-ethyl adjacent to an activating group) is 1. The van der Waals surface area contributed by atoms with E-state index in [1.165, 1.54) is 12.8 Å². The quantitative estimate of drug-likeness (QED) is 0.741. The lowest BCUT2D eigenvalue weighted by Crippen LogP contribution is -2.56. The first-order valence-corrected chi connectivity index (χ1v) is 11.5. The summed E-state index contributed by atoms with van der Waals surface area (Å²) in [6, 6.07) is 5.39. The minimum atomic E-state index is -0.584. The Labute approximate surface area is 183 Å². The summed E-state index contributed by atoms with van der Waals surface area (Å²) in [5, 5.41) is 3.81. The van der Waals surface area contributed by atoms with Crippen molar-refractivity contribution < 1.29 is 14.3 Å². The van der Waals surface area contributed by atoms with Crippen molar-refractivity contribution in [2.75, 3.05) is 26.7 Å². The Morgan fingerprint density at radius 3 is 2.55 bits per heavy atom. The fraction of sp³-hybridized carbons (Fsp3) is 0.682. The molecule has 1 unspecified atom stereocenters. The summed E-state index contributed by atoms with van der Waals surface area (Å²) >= 11 is 12.3. The third-order valence-corrected chi connectivity index (χ3v) is 7.23. The second kappa shape index (κ2) is 9.01. The van der Waals surface area contributed by atoms with E-state index in [-0.39, 0.29) is 23.5 Å². The third-order valence-electron chi connectivity index (χ3n) is 6.80. The maximum Gasteiger partial charge on any atom is 0.261 e. The average Bonchev–Trinajstić information content (AvgIpc) is 3.38. The standard InChI is InChI=1S/C22H30Cl2N2O3/c1-25-21(27)20(29-17-12-15(23)11-16(24)13-17)18-5-7-22(6-4-10-28-22)14-19(18)26-8-2-3-9-26/h11-13,18-20H,2-10,14H2,1H3,(H,25,27)/t18-,19-,20?,22-/m1/s1. The zero-order valence-corrected chi connectivity index (χ0v) is 18.5. The molecule has 7 heteroatoms. The van der Waals surface area contributed by atoms with Crippen LogP contribution in [0.1, 0.15) is 44.9 Å². The highest BCUT2D eigenvalue weighted by Crippen LogP contribution is 2.45. The van der Waals surface area contributed by atoms with Gasteiger partial charge in [0.15, 0.2) is 6.10 Å². The fourth-order valence-electron chi connectivity index (χ4n) is 5.42. The lowest BCUT2D eigenvalue weighted by Gasteiger charge is -2.47. The summed E-state index contributed by atoms with van der Waals surface area (Å²) in [5.74, 6) is 0.535. The van der Waals surface area contributed by atoms with Crippen molar-refractivity contribution in [1.82, 2.24) is 10.2 Å². The van der Waals surface area contributed by atoms with Crippen molar-refractivity contribution in [3.05, 3.63) is 28.2 Å². The molecule has 3 fully saturated rings. The number of ether oxygens (including phenoxy) is 2. The molecule has 1 amide bonds. The van der Waals surface area contributed by atoms with Gasteiger partial charge in [-0.1, -0.05) is 23.2 Å². The Morgan fingerprint density at radius 2 is 1.93 bits per heavy atom. The van der Waals surface area contributed by atoms with Crippen molar-refractivity contribution in [3.63, 3.8) is 0 Å². The molecule has 1 aromatic carbocycles. The molecule has 0 aromatic heterocycles. The molecular weight excluding hydrogens is 411 g/mol. The van der Waals surface area contributed by atoms with Crippen molar-refractivity contribution in [1.29, 1.82) is 0 Å². The highest BCUT2D eigenvalue weighted by Gasteiger charge is 2.49. The lowest BCUT2D eigenvalue weighted by atomic mass is 9.71. The van der Waals surface area contributed by atoms with E-state index in [4.69, 9.17) is 32.7 Å². The maximum absolute atomic E-state index is 12.9. The van der Waals surface area contributed by atoms with E-state index in [2.05, 4.69) is 10.2 Å². The third kappa shape index (κ3) is 4.68. The largest absolute Gasteiger partial charge is 0.480 e. The van der Waals surface area contributed by atoms with Gasteiger partial charge in [0.05, 0.1) is 5.60 Å². The Balaban J connectivity index is 1.61. The lowest BCUT2D eigenvalue weighted by molar-refractivity contribution is -0.136. The van der Waals surface area contributed by atoms with Crippen LogP contribution in [0.15, 0.2) is 18.2 Å². The van der Waals surface area contributed by atoms with Gasteiger partial charge in [0.1, 0.15) is 5.75 Å². The van der Waals surface area contributed by atoms with E-state index in [1.54, 1.807) is 25.2 Å². The molecule has 29 heavy (non-hydrogen) atoms. The molecule has 1 saturated carbocycles. The van der Waals surface area contributed by atoms with Gasteiger partial charge in [-0.3, -0.25) is 9.69 Å². The second-order valence-electron chi connectivity index (χ2n) is 8.61. The van der Waals surface area contributed by atoms with E-state index in [1.807, 2.05) is 0 Å². The van der Waals surface area contributed by atoms with Crippen molar-refractivity contribution in [3.8, 4) is 5.75 Å². The number of hydrogen-bond acceptors (Lipinski definition) is 4. The van der Waals surface area contributed by atoms with Crippen LogP contribution < -0.4 is 10.1 Å². The molecule has 1 aromatic rings. The SMILES string of the molecule is CNC(=O)C(Oc1cc(Cl)cc(Cl)c1)[C@@H]1CC[C@]2(CCCO2)C[C@H]1N1CCCC1. The molecule has 1 N–H and O–H groups in total. The smallest absolute Gasteiger partial charge is 0.261 e. The minimum Gasteiger partial charge on any atom is -0.480 e. The van der Waals surface area contributed by atoms with Crippen molar-refractivity contribution in [2.45, 2.75) is 62.7 Å². The van der Waals surface area contributed by atoms with Gasteiger partial charge in [-0.25, -0.2) is 0 Å². The Bertz CT molecular complexity index is 713. The van der Waals surface area contributed by atoms with Gasteiger partial charge in [-0.05, 0) is 76.2 Å². The number of nitrogens with zero attached hydrogens (tertiary/aromatic N) is 1. The van der Waals surface area contributed by atoms with Gasteiger partial charge in [0.25, 0.3) is 5.91 Å². The van der Waals surface area contributed by atoms with Crippen LogP contribution in [0.2, 0.25) is 10.0 Å². The number of carbonyl (C=O) groups is 1. The Kier molecular flexibility index (Phi) is 6.59. The molecular formula is C22H30Cl2N2O3. The molecule has 160 valence electrons. The van der Waals surface area contributed by atoms with E-state index in [9.17, 15) is 4.79 Å². The number of amides is 1. The first-order valence-electron chi connectivity index (χ1n) is 10.7. The number of rotatable bonds is 5. The molecule has 3 aliphatic rings. The van der Waals surface area contributed by atoms with Crippen LogP contribution in [-0.2, 0) is 9.53 Å². The van der Waals surface area contributed by atoms with Crippen LogP contribution in [0.3, 0.4) is 0 Å². The predicted octanol–water partition coefficient (Wildman–Crippen LogP) is 4.30. The molecule has 1 aliphatic carbocycles. The van der Waals surface area contributed by atoms with Crippen LogP contribution in [-0.4, -0.2) is 55.3 Å². The van der Waals surface area contributed by atoms with Crippen molar-refractivity contribution >= 4 is 29.1 Å². The molecule has 2 saturated heterocycles. The first-order chi connectivity index (χ1) is 14.0. The molecule has 1 spiro atoms. The molecule has 5 nitrogen and oxygen atoms in total. The normalized spacial score (nSPS) is 31.1. The van der Waals surface area contributed by atoms with Gasteiger partial charge in [0.2, 0.25) is 0 Å². The fourth-order valence-corrected chi connectivity index (χ4v) is 5.92. The molecule has 2 heterocycles. The molecule has 0 radical (unpaired) electrons. The van der Waals surface area contributed by atoms with E-state index in [0.29, 0.717) is 15.8 Å². The van der Waals surface area contributed by atoms with Crippen LogP contribution in [0.25, 0.3) is 0 Å². The van der Waals surface area contributed by atoms with E-state index >= 15 is 0 Å². The second-order valence-corrected chi connectivity index (χ2v) is 9.48. The minimum absolute atomic E-state index is 0.0175. The van der Waals surface area contributed by atoms with Crippen LogP contribution >= 0.6 is 23.2 Å². The summed E-state index contributed by atoms with van der Waals surface area (Å²) < 4.78 is 12.5. The Hall–Kier alpha value is -1.01. The molecule has 2 aliphatic heterocycles. The van der Waals surface area contributed by atoms with Gasteiger partial charge in [0, 0.05) is 35.7 Å². The zero-order chi connectivity index (χ0) is 20.4. The summed E-state index contributed by atoms with van der Waals surface area (Å²) in [5.41, 5.74) is -0.0175. The summed E-state index contributed by atoms with van der Waals surface area (Å²) in [7, 11) is 1.67. The number of nitrogens with one attached hydrogen (secondary N) is 1. The number of carbonyl (C=O) groups excluding carboxylic acids is 1. The van der Waals surface area contributed by atoms with Gasteiger partial charge in [-0.15, -0.1) is 0 Å². The van der Waals surface area contributed by atoms with Gasteiger partial charge in [-0.2, -0.15) is 0 Å². The number of likely N-dealkylation sites (tertiary alicyclic amines) is 1. The first kappa shape index (κ1) is 21.2. The van der Waals surface area contributed by atoms with E-state index < -0.39 is 6.10 Å². The maximum atomic E-state index is 12.9. The topological polar surface area (TPSA) is 50.8 Å². The number of halogens is 2. The molecule has 0 bridgehead atoms. The number of benzene rings is 1. The van der Waals surface area contributed by atoms with Crippen LogP contribution in [0.4, 0.5) is 0 Å². The monoisotopic (exact) mass is 440 g/mol. The van der Waals surface area contributed by atoms with Crippen molar-refractivity contribution in [2.24, 2.45) is 5.92 Å². The summed E-state index contributed by atoms with van der Waals surface area (Å²) in [6.07, 6.45) is 6.97. The number of hydrogen-bond donors (Lipinski definition) is 1. The van der Waals surface area contributed by atoms with Crippen LogP contribution in [0.5, 0.6) is 5.75 Å². The highest BCUT2D eigenvalue weighted by atomic mass is 35.5. The zero-order valence-electron chi connectivity index (χ0n) is 17.0. The predicted molar refractivity (Wildman–Crippen MR) is 115 cm³/mol. The summed E-state index contributed by atoms with van der Waals surface area (Å²) in [6.45, 7) is 3.02. The van der Waals surface area contributed by atoms with Gasteiger partial charge < -0.3 is 14.8 Å².